The van der Waals surface area contributed by atoms with Crippen LogP contribution < -0.4 is 3.58 Å². The zero-order valence-corrected chi connectivity index (χ0v) is 18.5. The van der Waals surface area contributed by atoms with Crippen molar-refractivity contribution in [2.75, 3.05) is 0 Å². The van der Waals surface area contributed by atoms with Crippen molar-refractivity contribution in [3.05, 3.63) is 36.9 Å². The molecule has 1 heterocycles. The SMILES string of the molecule is CCC[CH2][Sn]([CH2]CCC)([CH2]CCC)[c]1ccccc1-n1cncn1. The monoisotopic (exact) mass is 435 g/mol. The van der Waals surface area contributed by atoms with Gasteiger partial charge in [0.05, 0.1) is 0 Å². The van der Waals surface area contributed by atoms with Crippen LogP contribution in [-0.4, -0.2) is 33.1 Å². The van der Waals surface area contributed by atoms with Crippen LogP contribution in [0.1, 0.15) is 59.3 Å². The van der Waals surface area contributed by atoms with E-state index < -0.39 is 18.4 Å². The van der Waals surface area contributed by atoms with Crippen LogP contribution in [0.2, 0.25) is 13.3 Å². The maximum atomic E-state index is 4.44. The average Bonchev–Trinajstić information content (AvgIpc) is 3.16. The van der Waals surface area contributed by atoms with Crippen LogP contribution in [0.15, 0.2) is 36.9 Å². The van der Waals surface area contributed by atoms with Gasteiger partial charge in [0.1, 0.15) is 0 Å². The van der Waals surface area contributed by atoms with Crippen molar-refractivity contribution in [1.29, 1.82) is 0 Å². The Hall–Kier alpha value is -0.841. The molecule has 0 saturated heterocycles. The van der Waals surface area contributed by atoms with E-state index in [0.717, 1.165) is 0 Å². The molecule has 3 nitrogen and oxygen atoms in total. The first-order chi connectivity index (χ1) is 11.8. The molecular weight excluding hydrogens is 401 g/mol. The molecule has 0 radical (unpaired) electrons. The van der Waals surface area contributed by atoms with Gasteiger partial charge in [-0.1, -0.05) is 0 Å². The number of aromatic nitrogens is 3. The predicted molar refractivity (Wildman–Crippen MR) is 106 cm³/mol. The molecule has 0 amide bonds. The van der Waals surface area contributed by atoms with E-state index in [2.05, 4.69) is 55.1 Å². The van der Waals surface area contributed by atoms with Gasteiger partial charge in [0.2, 0.25) is 0 Å². The molecule has 24 heavy (non-hydrogen) atoms. The van der Waals surface area contributed by atoms with Crippen molar-refractivity contribution in [3.8, 4) is 5.69 Å². The van der Waals surface area contributed by atoms with Crippen molar-refractivity contribution in [1.82, 2.24) is 14.8 Å². The zero-order valence-electron chi connectivity index (χ0n) is 15.7. The predicted octanol–water partition coefficient (Wildman–Crippen LogP) is 5.32. The molecule has 4 heteroatoms. The second kappa shape index (κ2) is 10.2. The van der Waals surface area contributed by atoms with E-state index in [-0.39, 0.29) is 0 Å². The summed E-state index contributed by atoms with van der Waals surface area (Å²) in [7, 11) is 0. The summed E-state index contributed by atoms with van der Waals surface area (Å²) in [6.07, 6.45) is 11.6. The zero-order chi connectivity index (χ0) is 17.3. The van der Waals surface area contributed by atoms with Gasteiger partial charge in [-0.15, -0.1) is 0 Å². The van der Waals surface area contributed by atoms with Crippen molar-refractivity contribution < 1.29 is 0 Å². The normalized spacial score (nSPS) is 11.8. The van der Waals surface area contributed by atoms with Crippen LogP contribution in [0, 0.1) is 0 Å². The summed E-state index contributed by atoms with van der Waals surface area (Å²) in [6.45, 7) is 7.00. The van der Waals surface area contributed by atoms with E-state index in [1.54, 1.807) is 9.91 Å². The molecule has 0 aliphatic rings. The Balaban J connectivity index is 2.48. The van der Waals surface area contributed by atoms with E-state index in [0.29, 0.717) is 0 Å². The first-order valence-corrected chi connectivity index (χ1v) is 17.2. The standard InChI is InChI=1S/C8H6N3.3C4H9.Sn/c1-2-4-8(5-3-1)11-7-9-6-10-11;3*1-3-4-2;/h1-4,6-7H;3*1,3-4H2,2H3;. The van der Waals surface area contributed by atoms with Crippen LogP contribution in [0.5, 0.6) is 0 Å². The van der Waals surface area contributed by atoms with Gasteiger partial charge in [-0.2, -0.15) is 0 Å². The van der Waals surface area contributed by atoms with Crippen molar-refractivity contribution in [2.24, 2.45) is 0 Å². The Morgan fingerprint density at radius 1 is 0.875 bits per heavy atom. The minimum absolute atomic E-state index is 1.30. The summed E-state index contributed by atoms with van der Waals surface area (Å²) in [5.41, 5.74) is 1.30. The van der Waals surface area contributed by atoms with E-state index in [4.69, 9.17) is 0 Å². The molecule has 0 aliphatic heterocycles. The Kier molecular flexibility index (Phi) is 8.29. The van der Waals surface area contributed by atoms with Gasteiger partial charge in [-0.3, -0.25) is 0 Å². The number of para-hydroxylation sites is 1. The Morgan fingerprint density at radius 3 is 1.96 bits per heavy atom. The van der Waals surface area contributed by atoms with E-state index >= 15 is 0 Å². The molecule has 0 N–H and O–H groups in total. The molecule has 1 aromatic heterocycles. The summed E-state index contributed by atoms with van der Waals surface area (Å²) < 4.78 is 8.11. The van der Waals surface area contributed by atoms with Crippen molar-refractivity contribution >= 4 is 22.0 Å². The molecule has 0 saturated carbocycles. The molecular formula is C20H33N3Sn. The van der Waals surface area contributed by atoms with Gasteiger partial charge in [0.25, 0.3) is 0 Å². The van der Waals surface area contributed by atoms with Gasteiger partial charge < -0.3 is 0 Å². The number of nitrogens with zero attached hydrogens (tertiary/aromatic N) is 3. The van der Waals surface area contributed by atoms with Crippen LogP contribution in [0.4, 0.5) is 0 Å². The fourth-order valence-corrected chi connectivity index (χ4v) is 20.4. The van der Waals surface area contributed by atoms with E-state index in [9.17, 15) is 0 Å². The number of rotatable bonds is 11. The van der Waals surface area contributed by atoms with Gasteiger partial charge in [0.15, 0.2) is 0 Å². The third kappa shape index (κ3) is 4.84. The van der Waals surface area contributed by atoms with Gasteiger partial charge in [-0.25, -0.2) is 0 Å². The van der Waals surface area contributed by atoms with Crippen molar-refractivity contribution in [3.63, 3.8) is 0 Å². The first-order valence-electron chi connectivity index (χ1n) is 9.72. The first kappa shape index (κ1) is 19.5. The molecule has 0 fully saturated rings. The molecule has 132 valence electrons. The number of hydrogen-bond acceptors (Lipinski definition) is 2. The average molecular weight is 434 g/mol. The van der Waals surface area contributed by atoms with Crippen LogP contribution in [0.3, 0.4) is 0 Å². The molecule has 0 atom stereocenters. The number of unbranched alkanes of at least 4 members (excludes halogenated alkanes) is 3. The summed E-state index contributed by atoms with van der Waals surface area (Å²) >= 11 is -2.44. The topological polar surface area (TPSA) is 30.7 Å². The molecule has 2 aromatic rings. The third-order valence-electron chi connectivity index (χ3n) is 5.17. The molecule has 2 rings (SSSR count). The second-order valence-corrected chi connectivity index (χ2v) is 20.1. The Morgan fingerprint density at radius 2 is 1.46 bits per heavy atom. The summed E-state index contributed by atoms with van der Waals surface area (Å²) in [6, 6.07) is 9.06. The van der Waals surface area contributed by atoms with Gasteiger partial charge in [-0.05, 0) is 0 Å². The number of hydrogen-bond donors (Lipinski definition) is 0. The summed E-state index contributed by atoms with van der Waals surface area (Å²) in [4.78, 5) is 4.18. The second-order valence-electron chi connectivity index (χ2n) is 6.95. The maximum absolute atomic E-state index is 4.44. The summed E-state index contributed by atoms with van der Waals surface area (Å²) in [5, 5.41) is 4.44. The molecule has 0 unspecified atom stereocenters. The van der Waals surface area contributed by atoms with E-state index in [1.165, 1.54) is 57.5 Å². The van der Waals surface area contributed by atoms with Crippen LogP contribution >= 0.6 is 0 Å². The molecule has 0 aliphatic carbocycles. The fraction of sp³-hybridized carbons (Fsp3) is 0.600. The van der Waals surface area contributed by atoms with Gasteiger partial charge >= 0.3 is 152 Å². The summed E-state index contributed by atoms with van der Waals surface area (Å²) in [5.74, 6) is 0. The number of benzene rings is 1. The molecule has 0 spiro atoms. The quantitative estimate of drug-likeness (QED) is 0.448. The van der Waals surface area contributed by atoms with Crippen molar-refractivity contribution in [2.45, 2.75) is 72.6 Å². The van der Waals surface area contributed by atoms with Crippen LogP contribution in [0.25, 0.3) is 5.69 Å². The Labute approximate surface area is 151 Å². The Bertz CT molecular complexity index is 559. The minimum atomic E-state index is -2.44. The van der Waals surface area contributed by atoms with Crippen LogP contribution in [-0.2, 0) is 0 Å². The van der Waals surface area contributed by atoms with Gasteiger partial charge in [0, 0.05) is 0 Å². The molecule has 0 bridgehead atoms. The fourth-order valence-electron chi connectivity index (χ4n) is 3.78. The molecule has 1 aromatic carbocycles. The van der Waals surface area contributed by atoms with E-state index in [1.807, 2.05) is 11.0 Å². The third-order valence-corrected chi connectivity index (χ3v) is 20.9.